The van der Waals surface area contributed by atoms with E-state index < -0.39 is 0 Å². The lowest BCUT2D eigenvalue weighted by molar-refractivity contribution is -0.122. The van der Waals surface area contributed by atoms with E-state index in [0.29, 0.717) is 55.5 Å². The van der Waals surface area contributed by atoms with Gasteiger partial charge in [-0.2, -0.15) is 11.8 Å². The van der Waals surface area contributed by atoms with E-state index in [2.05, 4.69) is 9.88 Å². The Morgan fingerprint density at radius 2 is 1.86 bits per heavy atom. The number of nitrogens with two attached hydrogens (primary N) is 1. The van der Waals surface area contributed by atoms with Crippen molar-refractivity contribution in [2.24, 2.45) is 11.7 Å². The molecule has 8 heteroatoms. The zero-order chi connectivity index (χ0) is 19.7. The topological polar surface area (TPSA) is 79.5 Å². The van der Waals surface area contributed by atoms with Crippen molar-refractivity contribution in [3.63, 3.8) is 0 Å². The molecule has 2 aliphatic rings. The largest absolute Gasteiger partial charge is 0.370 e. The van der Waals surface area contributed by atoms with Crippen molar-refractivity contribution in [2.75, 3.05) is 42.6 Å². The third kappa shape index (κ3) is 3.65. The maximum Gasteiger partial charge on any atom is 0.257 e. The third-order valence-electron chi connectivity index (χ3n) is 5.54. The minimum Gasteiger partial charge on any atom is -0.370 e. The number of thioether (sulfide) groups is 1. The molecule has 2 amide bonds. The van der Waals surface area contributed by atoms with Gasteiger partial charge in [-0.15, -0.1) is 0 Å². The number of hydrogen-bond acceptors (Lipinski definition) is 5. The smallest absolute Gasteiger partial charge is 0.257 e. The van der Waals surface area contributed by atoms with Crippen LogP contribution < -0.4 is 10.6 Å². The number of benzene rings is 1. The number of amides is 2. The van der Waals surface area contributed by atoms with Gasteiger partial charge in [0.25, 0.3) is 5.91 Å². The lowest BCUT2D eigenvalue weighted by atomic mass is 9.94. The number of carbonyl (C=O) groups is 2. The molecule has 4 rings (SSSR count). The Morgan fingerprint density at radius 3 is 2.54 bits per heavy atom. The van der Waals surface area contributed by atoms with Crippen molar-refractivity contribution < 1.29 is 14.0 Å². The van der Waals surface area contributed by atoms with Crippen LogP contribution in [0.4, 0.5) is 10.1 Å². The SMILES string of the molecule is NC(=O)C1CCN(c2c(C(=O)N3CCSCC3)cnc3ccc(F)cc23)CC1. The molecule has 2 N–H and O–H groups in total. The fraction of sp³-hybridized carbons (Fsp3) is 0.450. The zero-order valence-corrected chi connectivity index (χ0v) is 16.4. The van der Waals surface area contributed by atoms with Crippen molar-refractivity contribution in [3.8, 4) is 0 Å². The molecule has 2 aromatic rings. The molecule has 0 unspecified atom stereocenters. The second kappa shape index (κ2) is 7.95. The van der Waals surface area contributed by atoms with Crippen molar-refractivity contribution in [3.05, 3.63) is 35.8 Å². The Balaban J connectivity index is 1.75. The van der Waals surface area contributed by atoms with E-state index >= 15 is 0 Å². The molecule has 148 valence electrons. The first-order valence-corrected chi connectivity index (χ1v) is 10.7. The van der Waals surface area contributed by atoms with Crippen LogP contribution in [0.2, 0.25) is 0 Å². The molecule has 2 aliphatic heterocycles. The van der Waals surface area contributed by atoms with Crippen LogP contribution in [0, 0.1) is 11.7 Å². The summed E-state index contributed by atoms with van der Waals surface area (Å²) >= 11 is 1.84. The first kappa shape index (κ1) is 19.0. The van der Waals surface area contributed by atoms with Gasteiger partial charge >= 0.3 is 0 Å². The van der Waals surface area contributed by atoms with Crippen LogP contribution in [0.15, 0.2) is 24.4 Å². The molecular formula is C20H23FN4O2S. The van der Waals surface area contributed by atoms with Gasteiger partial charge in [0, 0.05) is 55.2 Å². The summed E-state index contributed by atoms with van der Waals surface area (Å²) in [5.74, 6) is 0.973. The number of fused-ring (bicyclic) bond motifs is 1. The van der Waals surface area contributed by atoms with Crippen LogP contribution in [0.3, 0.4) is 0 Å². The lowest BCUT2D eigenvalue weighted by Crippen LogP contribution is -2.41. The molecule has 3 heterocycles. The Kier molecular flexibility index (Phi) is 5.39. The van der Waals surface area contributed by atoms with Gasteiger partial charge in [0.05, 0.1) is 16.8 Å². The highest BCUT2D eigenvalue weighted by Gasteiger charge is 2.29. The van der Waals surface area contributed by atoms with Gasteiger partial charge in [0.15, 0.2) is 0 Å². The van der Waals surface area contributed by atoms with Gasteiger partial charge in [-0.3, -0.25) is 14.6 Å². The second-order valence-electron chi connectivity index (χ2n) is 7.25. The van der Waals surface area contributed by atoms with Gasteiger partial charge in [-0.1, -0.05) is 0 Å². The first-order chi connectivity index (χ1) is 13.5. The second-order valence-corrected chi connectivity index (χ2v) is 8.47. The van der Waals surface area contributed by atoms with E-state index in [1.807, 2.05) is 16.7 Å². The van der Waals surface area contributed by atoms with Crippen LogP contribution in [0.25, 0.3) is 10.9 Å². The summed E-state index contributed by atoms with van der Waals surface area (Å²) in [7, 11) is 0. The predicted molar refractivity (Wildman–Crippen MR) is 109 cm³/mol. The quantitative estimate of drug-likeness (QED) is 0.852. The molecule has 6 nitrogen and oxygen atoms in total. The maximum atomic E-state index is 14.0. The number of pyridine rings is 1. The summed E-state index contributed by atoms with van der Waals surface area (Å²) in [6.07, 6.45) is 2.87. The minimum atomic E-state index is -0.360. The average molecular weight is 402 g/mol. The molecule has 0 radical (unpaired) electrons. The molecule has 1 aromatic heterocycles. The van der Waals surface area contributed by atoms with Crippen LogP contribution in [0.5, 0.6) is 0 Å². The van der Waals surface area contributed by atoms with Crippen LogP contribution in [0.1, 0.15) is 23.2 Å². The molecule has 0 aliphatic carbocycles. The fourth-order valence-electron chi connectivity index (χ4n) is 3.97. The number of aromatic nitrogens is 1. The van der Waals surface area contributed by atoms with Crippen molar-refractivity contribution >= 4 is 40.2 Å². The first-order valence-electron chi connectivity index (χ1n) is 9.54. The molecule has 0 bridgehead atoms. The Labute approximate surface area is 167 Å². The molecule has 28 heavy (non-hydrogen) atoms. The fourth-order valence-corrected chi connectivity index (χ4v) is 4.88. The lowest BCUT2D eigenvalue weighted by Gasteiger charge is -2.35. The van der Waals surface area contributed by atoms with E-state index in [1.54, 1.807) is 12.3 Å². The van der Waals surface area contributed by atoms with E-state index in [4.69, 9.17) is 5.73 Å². The number of piperidine rings is 1. The van der Waals surface area contributed by atoms with Crippen LogP contribution in [-0.4, -0.2) is 59.4 Å². The summed E-state index contributed by atoms with van der Waals surface area (Å²) in [6.45, 7) is 2.60. The zero-order valence-electron chi connectivity index (χ0n) is 15.6. The van der Waals surface area contributed by atoms with Crippen molar-refractivity contribution in [1.29, 1.82) is 0 Å². The van der Waals surface area contributed by atoms with Gasteiger partial charge in [-0.25, -0.2) is 4.39 Å². The summed E-state index contributed by atoms with van der Waals surface area (Å²) in [6, 6.07) is 4.46. The summed E-state index contributed by atoms with van der Waals surface area (Å²) in [4.78, 5) is 33.1. The number of nitrogens with zero attached hydrogens (tertiary/aromatic N) is 3. The standard InChI is InChI=1S/C20H23FN4O2S/c21-14-1-2-17-15(11-14)18(24-5-3-13(4-6-24)19(22)26)16(12-23-17)20(27)25-7-9-28-10-8-25/h1-2,11-13H,3-10H2,(H2,22,26). The monoisotopic (exact) mass is 402 g/mol. The minimum absolute atomic E-state index is 0.0639. The van der Waals surface area contributed by atoms with E-state index in [0.717, 1.165) is 17.2 Å². The number of hydrogen-bond donors (Lipinski definition) is 1. The molecule has 0 atom stereocenters. The van der Waals surface area contributed by atoms with E-state index in [9.17, 15) is 14.0 Å². The van der Waals surface area contributed by atoms with Gasteiger partial charge in [-0.05, 0) is 31.0 Å². The highest BCUT2D eigenvalue weighted by atomic mass is 32.2. The number of anilines is 1. The normalized spacial score (nSPS) is 18.5. The molecule has 0 saturated carbocycles. The molecule has 0 spiro atoms. The van der Waals surface area contributed by atoms with Crippen LogP contribution >= 0.6 is 11.8 Å². The van der Waals surface area contributed by atoms with E-state index in [1.165, 1.54) is 12.1 Å². The number of primary amides is 1. The number of rotatable bonds is 3. The average Bonchev–Trinajstić information content (AvgIpc) is 2.73. The van der Waals surface area contributed by atoms with E-state index in [-0.39, 0.29) is 23.5 Å². The molecule has 2 saturated heterocycles. The summed E-state index contributed by atoms with van der Waals surface area (Å²) < 4.78 is 14.0. The predicted octanol–water partition coefficient (Wildman–Crippen LogP) is 2.26. The number of carbonyl (C=O) groups excluding carboxylic acids is 2. The van der Waals surface area contributed by atoms with Gasteiger partial charge in [0.1, 0.15) is 5.82 Å². The number of halogens is 1. The van der Waals surface area contributed by atoms with Crippen molar-refractivity contribution in [1.82, 2.24) is 9.88 Å². The third-order valence-corrected chi connectivity index (χ3v) is 6.49. The molecular weight excluding hydrogens is 379 g/mol. The van der Waals surface area contributed by atoms with Gasteiger partial charge in [0.2, 0.25) is 5.91 Å². The Bertz CT molecular complexity index is 908. The molecule has 2 fully saturated rings. The maximum absolute atomic E-state index is 14.0. The van der Waals surface area contributed by atoms with Gasteiger partial charge < -0.3 is 15.5 Å². The highest BCUT2D eigenvalue weighted by Crippen LogP contribution is 2.34. The highest BCUT2D eigenvalue weighted by molar-refractivity contribution is 7.99. The Hall–Kier alpha value is -2.35. The van der Waals surface area contributed by atoms with Crippen molar-refractivity contribution in [2.45, 2.75) is 12.8 Å². The summed E-state index contributed by atoms with van der Waals surface area (Å²) in [5.41, 5.74) is 7.33. The summed E-state index contributed by atoms with van der Waals surface area (Å²) in [5, 5.41) is 0.634. The van der Waals surface area contributed by atoms with Crippen LogP contribution in [-0.2, 0) is 4.79 Å². The Morgan fingerprint density at radius 1 is 1.14 bits per heavy atom. The molecule has 1 aromatic carbocycles.